The van der Waals surface area contributed by atoms with Crippen LogP contribution in [-0.4, -0.2) is 11.6 Å². The molecule has 1 saturated carbocycles. The average molecular weight is 138 g/mol. The van der Waals surface area contributed by atoms with Gasteiger partial charge in [0.1, 0.15) is 11.6 Å². The van der Waals surface area contributed by atoms with Gasteiger partial charge in [0.25, 0.3) is 0 Å². The van der Waals surface area contributed by atoms with Crippen LogP contribution in [0.25, 0.3) is 0 Å². The molecule has 0 aromatic rings. The van der Waals surface area contributed by atoms with Gasteiger partial charge in [0.15, 0.2) is 0 Å². The molecule has 1 fully saturated rings. The van der Waals surface area contributed by atoms with Gasteiger partial charge >= 0.3 is 0 Å². The second kappa shape index (κ2) is 1.78. The summed E-state index contributed by atoms with van der Waals surface area (Å²) in [5, 5.41) is 0. The van der Waals surface area contributed by atoms with Crippen LogP contribution in [0.3, 0.4) is 0 Å². The summed E-state index contributed by atoms with van der Waals surface area (Å²) >= 11 is 0. The molecular formula is C8H8O2. The standard InChI is InChI=1S/C8H8O2/c9-7-3-4-8(10)6-2-1-5(6)7/h1-2,5-6H,3-4H2/i1D,2D. The number of carbonyl (C=O) groups excluding carboxylic acids is 2. The smallest absolute Gasteiger partial charge is 0.141 e. The van der Waals surface area contributed by atoms with Crippen LogP contribution in [0.2, 0.25) is 0 Å². The number of Topliss-reactive ketones (excluding diaryl/α,β-unsaturated/α-hetero) is 2. The van der Waals surface area contributed by atoms with Crippen LogP contribution in [0.5, 0.6) is 0 Å². The Bertz CT molecular complexity index is 276. The lowest BCUT2D eigenvalue weighted by Crippen LogP contribution is -2.37. The number of ketones is 2. The molecule has 0 aromatic heterocycles. The molecular weight excluding hydrogens is 128 g/mol. The van der Waals surface area contributed by atoms with E-state index in [0.717, 1.165) is 0 Å². The van der Waals surface area contributed by atoms with Crippen molar-refractivity contribution in [2.75, 3.05) is 0 Å². The summed E-state index contributed by atoms with van der Waals surface area (Å²) < 4.78 is 14.6. The van der Waals surface area contributed by atoms with Gasteiger partial charge < -0.3 is 0 Å². The van der Waals surface area contributed by atoms with Crippen LogP contribution in [0, 0.1) is 11.8 Å². The highest BCUT2D eigenvalue weighted by atomic mass is 16.1. The van der Waals surface area contributed by atoms with E-state index in [0.29, 0.717) is 0 Å². The minimum absolute atomic E-state index is 0.0411. The number of fused-ring (bicyclic) bond motifs is 1. The second-order valence-corrected chi connectivity index (χ2v) is 2.68. The van der Waals surface area contributed by atoms with Crippen LogP contribution in [0.1, 0.15) is 15.6 Å². The molecule has 2 rings (SSSR count). The Labute approximate surface area is 61.7 Å². The molecule has 2 unspecified atom stereocenters. The first-order chi connectivity index (χ1) is 5.63. The summed E-state index contributed by atoms with van der Waals surface area (Å²) in [5.74, 6) is -1.20. The van der Waals surface area contributed by atoms with E-state index in [1.165, 1.54) is 0 Å². The zero-order chi connectivity index (χ0) is 8.88. The second-order valence-electron chi connectivity index (χ2n) is 2.68. The van der Waals surface area contributed by atoms with E-state index in [9.17, 15) is 9.59 Å². The van der Waals surface area contributed by atoms with Crippen molar-refractivity contribution in [2.24, 2.45) is 11.8 Å². The molecule has 0 spiro atoms. The van der Waals surface area contributed by atoms with Crippen molar-refractivity contribution in [3.63, 3.8) is 0 Å². The van der Waals surface area contributed by atoms with Gasteiger partial charge in [-0.2, -0.15) is 0 Å². The van der Waals surface area contributed by atoms with Gasteiger partial charge in [-0.1, -0.05) is 12.1 Å². The molecule has 2 aliphatic carbocycles. The third-order valence-electron chi connectivity index (χ3n) is 2.04. The van der Waals surface area contributed by atoms with Gasteiger partial charge in [-0.05, 0) is 0 Å². The highest BCUT2D eigenvalue weighted by molar-refractivity contribution is 6.00. The maximum atomic E-state index is 11.2. The van der Waals surface area contributed by atoms with Gasteiger partial charge in [0, 0.05) is 24.7 Å². The minimum Gasteiger partial charge on any atom is -0.299 e. The third-order valence-corrected chi connectivity index (χ3v) is 2.04. The molecule has 2 heteroatoms. The molecule has 0 aliphatic heterocycles. The summed E-state index contributed by atoms with van der Waals surface area (Å²) in [6.45, 7) is 0. The van der Waals surface area contributed by atoms with Crippen molar-refractivity contribution >= 4 is 11.6 Å². The minimum atomic E-state index is -0.557. The summed E-state index contributed by atoms with van der Waals surface area (Å²) in [7, 11) is 0. The molecule has 2 nitrogen and oxygen atoms in total. The van der Waals surface area contributed by atoms with Gasteiger partial charge in [0.05, 0.1) is 2.74 Å². The first-order valence-corrected chi connectivity index (χ1v) is 3.35. The van der Waals surface area contributed by atoms with Crippen LogP contribution < -0.4 is 0 Å². The number of carbonyl (C=O) groups is 2. The molecule has 0 saturated heterocycles. The van der Waals surface area contributed by atoms with Crippen LogP contribution in [0.15, 0.2) is 12.1 Å². The number of hydrogen-bond donors (Lipinski definition) is 0. The van der Waals surface area contributed by atoms with Gasteiger partial charge in [-0.3, -0.25) is 9.59 Å². The van der Waals surface area contributed by atoms with Crippen LogP contribution in [0.4, 0.5) is 0 Å². The fourth-order valence-corrected chi connectivity index (χ4v) is 1.34. The molecule has 0 radical (unpaired) electrons. The molecule has 0 bridgehead atoms. The number of rotatable bonds is 0. The lowest BCUT2D eigenvalue weighted by atomic mass is 9.70. The fraction of sp³-hybridized carbons (Fsp3) is 0.500. The summed E-state index contributed by atoms with van der Waals surface area (Å²) in [4.78, 5) is 22.3. The first-order valence-electron chi connectivity index (χ1n) is 4.35. The highest BCUT2D eigenvalue weighted by Gasteiger charge is 2.38. The lowest BCUT2D eigenvalue weighted by Gasteiger charge is -2.30. The molecule has 0 heterocycles. The van der Waals surface area contributed by atoms with Crippen molar-refractivity contribution in [1.82, 2.24) is 0 Å². The quantitative estimate of drug-likeness (QED) is 0.462. The first kappa shape index (κ1) is 4.06. The Morgan fingerprint density at radius 3 is 2.00 bits per heavy atom. The normalized spacial score (nSPS) is 42.0. The van der Waals surface area contributed by atoms with E-state index in [4.69, 9.17) is 2.74 Å². The molecule has 0 aromatic carbocycles. The molecule has 10 heavy (non-hydrogen) atoms. The van der Waals surface area contributed by atoms with E-state index in [-0.39, 0.29) is 36.5 Å². The van der Waals surface area contributed by atoms with E-state index in [1.807, 2.05) is 0 Å². The van der Waals surface area contributed by atoms with E-state index in [2.05, 4.69) is 0 Å². The van der Waals surface area contributed by atoms with Crippen LogP contribution in [-0.2, 0) is 9.59 Å². The largest absolute Gasteiger partial charge is 0.299 e. The maximum Gasteiger partial charge on any atom is 0.141 e. The molecule has 0 N–H and O–H groups in total. The Hall–Kier alpha value is -0.920. The van der Waals surface area contributed by atoms with Crippen molar-refractivity contribution < 1.29 is 12.3 Å². The molecule has 2 aliphatic rings. The van der Waals surface area contributed by atoms with E-state index in [1.54, 1.807) is 0 Å². The van der Waals surface area contributed by atoms with E-state index >= 15 is 0 Å². The third kappa shape index (κ3) is 0.589. The Morgan fingerprint density at radius 1 is 1.20 bits per heavy atom. The van der Waals surface area contributed by atoms with Gasteiger partial charge in [-0.25, -0.2) is 0 Å². The Morgan fingerprint density at radius 2 is 1.60 bits per heavy atom. The summed E-state index contributed by atoms with van der Waals surface area (Å²) in [5.41, 5.74) is 0. The average Bonchev–Trinajstić information content (AvgIpc) is 2.07. The molecule has 0 amide bonds. The lowest BCUT2D eigenvalue weighted by molar-refractivity contribution is -0.135. The monoisotopic (exact) mass is 138 g/mol. The predicted octanol–water partition coefficient (Wildman–Crippen LogP) is 0.721. The van der Waals surface area contributed by atoms with Crippen molar-refractivity contribution in [2.45, 2.75) is 12.8 Å². The van der Waals surface area contributed by atoms with E-state index < -0.39 is 11.8 Å². The number of allylic oxidation sites excluding steroid dienone is 2. The molecule has 52 valence electrons. The molecule has 2 atom stereocenters. The summed E-state index contributed by atoms with van der Waals surface area (Å²) in [6.07, 6.45) is 0.519. The van der Waals surface area contributed by atoms with Crippen molar-refractivity contribution in [1.29, 1.82) is 0 Å². The predicted molar refractivity (Wildman–Crippen MR) is 35.4 cm³/mol. The van der Waals surface area contributed by atoms with Crippen molar-refractivity contribution in [3.05, 3.63) is 12.1 Å². The number of hydrogen-bond acceptors (Lipinski definition) is 2. The SMILES string of the molecule is [2H]C1=C([2H])C2C(=O)CCC(=O)C12. The van der Waals surface area contributed by atoms with Crippen molar-refractivity contribution in [3.8, 4) is 0 Å². The fourth-order valence-electron chi connectivity index (χ4n) is 1.34. The zero-order valence-corrected chi connectivity index (χ0v) is 5.39. The van der Waals surface area contributed by atoms with Crippen LogP contribution >= 0.6 is 0 Å². The highest BCUT2D eigenvalue weighted by Crippen LogP contribution is 2.33. The summed E-state index contributed by atoms with van der Waals surface area (Å²) in [6, 6.07) is 0.108. The maximum absolute atomic E-state index is 11.2. The topological polar surface area (TPSA) is 34.1 Å². The Balaban J connectivity index is 2.37. The van der Waals surface area contributed by atoms with Gasteiger partial charge in [0.2, 0.25) is 0 Å². The van der Waals surface area contributed by atoms with Gasteiger partial charge in [-0.15, -0.1) is 0 Å². The zero-order valence-electron chi connectivity index (χ0n) is 7.39. The Kier molecular flexibility index (Phi) is 0.724.